The first-order valence-corrected chi connectivity index (χ1v) is 13.3. The summed E-state index contributed by atoms with van der Waals surface area (Å²) in [5, 5.41) is 1.46. The van der Waals surface area contributed by atoms with Crippen LogP contribution in [-0.2, 0) is 9.36 Å². The topological polar surface area (TPSA) is 64.6 Å². The first-order valence-electron chi connectivity index (χ1n) is 8.05. The number of rotatable bonds is 6. The second kappa shape index (κ2) is 8.73. The predicted octanol–water partition coefficient (Wildman–Crippen LogP) is 6.11. The van der Waals surface area contributed by atoms with Crippen molar-refractivity contribution in [2.24, 2.45) is 0 Å². The second-order valence-electron chi connectivity index (χ2n) is 5.81. The van der Waals surface area contributed by atoms with Crippen LogP contribution in [0.1, 0.15) is 6.92 Å². The van der Waals surface area contributed by atoms with Crippen molar-refractivity contribution in [3.63, 3.8) is 0 Å². The van der Waals surface area contributed by atoms with Crippen molar-refractivity contribution in [3.8, 4) is 11.5 Å². The van der Waals surface area contributed by atoms with Gasteiger partial charge in [0.25, 0.3) is 0 Å². The number of nitrogens with one attached hydrogen (secondary N) is 1. The van der Waals surface area contributed by atoms with Crippen molar-refractivity contribution in [1.29, 1.82) is 0 Å². The van der Waals surface area contributed by atoms with Gasteiger partial charge >= 0.3 is 11.1 Å². The van der Waals surface area contributed by atoms with Gasteiger partial charge in [0.1, 0.15) is 17.5 Å². The minimum atomic E-state index is -3.28. The van der Waals surface area contributed by atoms with Gasteiger partial charge in [-0.25, -0.2) is 14.4 Å². The van der Waals surface area contributed by atoms with Crippen LogP contribution in [0, 0.1) is 0 Å². The van der Waals surface area contributed by atoms with Gasteiger partial charge in [0.05, 0.1) is 22.0 Å². The molecule has 2 atom stereocenters. The Bertz CT molecular complexity index is 1010. The number of hydrogen-bond donors (Lipinski definition) is 1. The van der Waals surface area contributed by atoms with E-state index in [1.54, 1.807) is 65.4 Å². The van der Waals surface area contributed by atoms with Crippen molar-refractivity contribution in [1.82, 2.24) is 5.09 Å². The first kappa shape index (κ1) is 20.3. The van der Waals surface area contributed by atoms with Crippen LogP contribution in [-0.4, -0.2) is 12.0 Å². The van der Waals surface area contributed by atoms with Crippen LogP contribution in [0.4, 0.5) is 0 Å². The molecular weight excluding hydrogens is 544 g/mol. The quantitative estimate of drug-likeness (QED) is 0.171. The van der Waals surface area contributed by atoms with E-state index in [0.29, 0.717) is 11.5 Å². The summed E-state index contributed by atoms with van der Waals surface area (Å²) in [6, 6.07) is 19.3. The summed E-state index contributed by atoms with van der Waals surface area (Å²) in [6.45, 7) is 1.58. The molecule has 1 unspecified atom stereocenters. The van der Waals surface area contributed by atoms with Crippen LogP contribution in [0.25, 0.3) is 10.8 Å². The maximum Gasteiger partial charge on any atom is 0.374 e. The minimum absolute atomic E-state index is 0.435. The smallest absolute Gasteiger partial charge is 0.374 e. The molecule has 0 aliphatic carbocycles. The Hall–Kier alpha value is -1.41. The van der Waals surface area contributed by atoms with Gasteiger partial charge < -0.3 is 9.26 Å². The van der Waals surface area contributed by atoms with Crippen LogP contribution in [0.2, 0.25) is 0 Å². The fourth-order valence-electron chi connectivity index (χ4n) is 2.38. The van der Waals surface area contributed by atoms with Crippen molar-refractivity contribution in [3.05, 3.63) is 71.2 Å². The number of benzene rings is 3. The van der Waals surface area contributed by atoms with E-state index in [1.165, 1.54) is 0 Å². The highest BCUT2D eigenvalue weighted by Gasteiger charge is 2.27. The van der Waals surface area contributed by atoms with Gasteiger partial charge in [0.2, 0.25) is 0 Å². The molecule has 0 heterocycles. The zero-order valence-electron chi connectivity index (χ0n) is 14.3. The van der Waals surface area contributed by atoms with Gasteiger partial charge in [-0.1, -0.05) is 46.3 Å². The van der Waals surface area contributed by atoms with Gasteiger partial charge in [-0.2, -0.15) is 0 Å². The third kappa shape index (κ3) is 5.78. The molecule has 0 bridgehead atoms. The lowest BCUT2D eigenvalue weighted by molar-refractivity contribution is -0.135. The Morgan fingerprint density at radius 2 is 1.67 bits per heavy atom. The zero-order chi connectivity index (χ0) is 19.4. The zero-order valence-corrected chi connectivity index (χ0v) is 18.9. The monoisotopic (exact) mass is 559 g/mol. The molecule has 0 fully saturated rings. The van der Waals surface area contributed by atoms with Crippen LogP contribution in [0.15, 0.2) is 71.2 Å². The third-order valence-electron chi connectivity index (χ3n) is 3.68. The Morgan fingerprint density at radius 3 is 2.37 bits per heavy atom. The number of halogens is 2. The molecule has 27 heavy (non-hydrogen) atoms. The highest BCUT2D eigenvalue weighted by molar-refractivity contribution is 14.2. The van der Waals surface area contributed by atoms with Crippen LogP contribution < -0.4 is 14.3 Å². The Balaban J connectivity index is 1.63. The van der Waals surface area contributed by atoms with E-state index in [1.807, 2.05) is 30.3 Å². The molecule has 0 amide bonds. The lowest BCUT2D eigenvalue weighted by atomic mass is 10.1. The summed E-state index contributed by atoms with van der Waals surface area (Å²) in [5.74, 6) is 0.338. The second-order valence-corrected chi connectivity index (χ2v) is 11.9. The van der Waals surface area contributed by atoms with E-state index < -0.39 is 17.2 Å². The Kier molecular flexibility index (Phi) is 6.57. The standard InChI is InChI=1S/C19H16BrINO4P/c1-13(22-27(21,24)26-17-10-7-16(20)8-11-17)19(23)25-18-9-6-14-4-2-3-5-15(14)12-18/h2-13H,1H3,(H,22,24)/t13-,27?/m0/s1. The lowest BCUT2D eigenvalue weighted by Gasteiger charge is -2.19. The first-order chi connectivity index (χ1) is 12.8. The average Bonchev–Trinajstić information content (AvgIpc) is 2.63. The molecule has 0 spiro atoms. The number of esters is 1. The molecule has 8 heteroatoms. The molecule has 0 aliphatic rings. The van der Waals surface area contributed by atoms with Crippen molar-refractivity contribution in [2.45, 2.75) is 13.0 Å². The normalized spacial score (nSPS) is 14.3. The van der Waals surface area contributed by atoms with Gasteiger partial charge in [0.15, 0.2) is 0 Å². The molecule has 5 nitrogen and oxygen atoms in total. The predicted molar refractivity (Wildman–Crippen MR) is 119 cm³/mol. The number of carbonyl (C=O) groups is 1. The molecule has 1 N–H and O–H groups in total. The largest absolute Gasteiger partial charge is 0.426 e. The number of hydrogen-bond acceptors (Lipinski definition) is 4. The fourth-order valence-corrected chi connectivity index (χ4v) is 5.59. The van der Waals surface area contributed by atoms with Crippen molar-refractivity contribution < 1.29 is 18.6 Å². The molecule has 3 aromatic rings. The SMILES string of the molecule is C[C@H](NP(=O)(I)Oc1ccc(Br)cc1)C(=O)Oc1ccc2ccccc2c1. The minimum Gasteiger partial charge on any atom is -0.426 e. The summed E-state index contributed by atoms with van der Waals surface area (Å²) >= 11 is 5.01. The molecule has 0 saturated heterocycles. The van der Waals surface area contributed by atoms with Gasteiger partial charge in [-0.05, 0) is 54.1 Å². The highest BCUT2D eigenvalue weighted by atomic mass is 127. The van der Waals surface area contributed by atoms with Crippen molar-refractivity contribution >= 4 is 59.9 Å². The number of ether oxygens (including phenoxy) is 1. The fraction of sp³-hybridized carbons (Fsp3) is 0.105. The molecule has 0 saturated carbocycles. The molecule has 3 rings (SSSR count). The summed E-state index contributed by atoms with van der Waals surface area (Å²) in [5.41, 5.74) is 0. The van der Waals surface area contributed by atoms with E-state index in [4.69, 9.17) is 9.26 Å². The van der Waals surface area contributed by atoms with Crippen LogP contribution in [0.3, 0.4) is 0 Å². The lowest BCUT2D eigenvalue weighted by Crippen LogP contribution is -2.34. The number of fused-ring (bicyclic) bond motifs is 1. The Morgan fingerprint density at radius 1 is 1.04 bits per heavy atom. The summed E-state index contributed by atoms with van der Waals surface area (Å²) in [6.07, 6.45) is 0. The maximum atomic E-state index is 12.6. The maximum absolute atomic E-state index is 12.6. The van der Waals surface area contributed by atoms with Crippen LogP contribution in [0.5, 0.6) is 11.5 Å². The van der Waals surface area contributed by atoms with E-state index in [9.17, 15) is 9.36 Å². The van der Waals surface area contributed by atoms with Gasteiger partial charge in [0, 0.05) is 4.47 Å². The number of carbonyl (C=O) groups excluding carboxylic acids is 1. The summed E-state index contributed by atoms with van der Waals surface area (Å²) in [4.78, 5) is 12.4. The van der Waals surface area contributed by atoms with Gasteiger partial charge in [-0.15, -0.1) is 0 Å². The third-order valence-corrected chi connectivity index (χ3v) is 6.77. The molecule has 0 aromatic heterocycles. The van der Waals surface area contributed by atoms with E-state index in [-0.39, 0.29) is 0 Å². The van der Waals surface area contributed by atoms with Gasteiger partial charge in [-0.3, -0.25) is 0 Å². The molecule has 0 aliphatic heterocycles. The highest BCUT2D eigenvalue weighted by Crippen LogP contribution is 2.51. The Labute approximate surface area is 178 Å². The van der Waals surface area contributed by atoms with E-state index >= 15 is 0 Å². The molecular formula is C19H16BrINO4P. The van der Waals surface area contributed by atoms with E-state index in [0.717, 1.165) is 15.2 Å². The average molecular weight is 560 g/mol. The van der Waals surface area contributed by atoms with Crippen LogP contribution >= 0.6 is 43.1 Å². The molecule has 140 valence electrons. The summed E-state index contributed by atoms with van der Waals surface area (Å²) in [7, 11) is 0. The van der Waals surface area contributed by atoms with E-state index in [2.05, 4.69) is 21.0 Å². The van der Waals surface area contributed by atoms with Crippen molar-refractivity contribution in [2.75, 3.05) is 0 Å². The summed E-state index contributed by atoms with van der Waals surface area (Å²) < 4.78 is 24.4. The molecule has 3 aromatic carbocycles. The molecule has 0 radical (unpaired) electrons.